The molecule has 0 atom stereocenters. The third kappa shape index (κ3) is 6.23. The van der Waals surface area contributed by atoms with Gasteiger partial charge in [-0.1, -0.05) is 6.07 Å². The Labute approximate surface area is 184 Å². The van der Waals surface area contributed by atoms with Crippen LogP contribution in [0.4, 0.5) is 28.8 Å². The maximum Gasteiger partial charge on any atom is 0.336 e. The van der Waals surface area contributed by atoms with E-state index in [0.717, 1.165) is 28.7 Å². The molecule has 0 aliphatic rings. The molecule has 0 aliphatic heterocycles. The Kier molecular flexibility index (Phi) is 7.63. The van der Waals surface area contributed by atoms with Crippen LogP contribution in [0.15, 0.2) is 81.2 Å². The SMILES string of the molecule is C/C=N\Nc1cccc(Nc2ccnc(Nc3ccc4oc(=O)ccc4c3)n2)c1.CC=O. The van der Waals surface area contributed by atoms with Crippen LogP contribution in [-0.4, -0.2) is 22.5 Å². The van der Waals surface area contributed by atoms with Gasteiger partial charge in [-0.3, -0.25) is 5.43 Å². The summed E-state index contributed by atoms with van der Waals surface area (Å²) >= 11 is 0. The Morgan fingerprint density at radius 3 is 2.53 bits per heavy atom. The minimum absolute atomic E-state index is 0.374. The van der Waals surface area contributed by atoms with Crippen molar-refractivity contribution in [2.45, 2.75) is 13.8 Å². The Morgan fingerprint density at radius 2 is 1.72 bits per heavy atom. The number of carbonyl (C=O) groups excluding carboxylic acids is 1. The molecule has 4 aromatic rings. The zero-order valence-corrected chi connectivity index (χ0v) is 17.6. The number of hydrogen-bond donors (Lipinski definition) is 3. The van der Waals surface area contributed by atoms with Crippen LogP contribution in [0.25, 0.3) is 11.0 Å². The number of aromatic nitrogens is 2. The molecule has 0 radical (unpaired) electrons. The third-order valence-electron chi connectivity index (χ3n) is 3.99. The second-order valence-electron chi connectivity index (χ2n) is 6.34. The van der Waals surface area contributed by atoms with Crippen molar-refractivity contribution in [1.29, 1.82) is 0 Å². The average Bonchev–Trinajstić information content (AvgIpc) is 2.79. The number of nitrogens with zero attached hydrogens (tertiary/aromatic N) is 3. The van der Waals surface area contributed by atoms with Crippen LogP contribution in [0, 0.1) is 0 Å². The monoisotopic (exact) mass is 430 g/mol. The molecular weight excluding hydrogens is 408 g/mol. The van der Waals surface area contributed by atoms with Gasteiger partial charge in [0, 0.05) is 35.2 Å². The van der Waals surface area contributed by atoms with E-state index in [4.69, 9.17) is 9.21 Å². The van der Waals surface area contributed by atoms with Crippen molar-refractivity contribution in [1.82, 2.24) is 9.97 Å². The fourth-order valence-corrected chi connectivity index (χ4v) is 2.72. The largest absolute Gasteiger partial charge is 0.423 e. The third-order valence-corrected chi connectivity index (χ3v) is 3.99. The van der Waals surface area contributed by atoms with Crippen LogP contribution in [0.2, 0.25) is 0 Å². The lowest BCUT2D eigenvalue weighted by Crippen LogP contribution is -2.01. The summed E-state index contributed by atoms with van der Waals surface area (Å²) in [5.74, 6) is 1.09. The fourth-order valence-electron chi connectivity index (χ4n) is 2.72. The topological polar surface area (TPSA) is 122 Å². The molecule has 2 aromatic heterocycles. The highest BCUT2D eigenvalue weighted by Gasteiger charge is 2.04. The van der Waals surface area contributed by atoms with Crippen LogP contribution >= 0.6 is 0 Å². The summed E-state index contributed by atoms with van der Waals surface area (Å²) in [5, 5.41) is 11.2. The van der Waals surface area contributed by atoms with E-state index >= 15 is 0 Å². The lowest BCUT2D eigenvalue weighted by atomic mass is 10.2. The molecule has 0 bridgehead atoms. The molecule has 0 saturated carbocycles. The number of fused-ring (bicyclic) bond motifs is 1. The van der Waals surface area contributed by atoms with Crippen molar-refractivity contribution < 1.29 is 9.21 Å². The minimum atomic E-state index is -0.374. The van der Waals surface area contributed by atoms with E-state index in [1.807, 2.05) is 37.3 Å². The van der Waals surface area contributed by atoms with Crippen molar-refractivity contribution in [3.05, 3.63) is 77.3 Å². The molecule has 2 aromatic carbocycles. The highest BCUT2D eigenvalue weighted by molar-refractivity contribution is 5.81. The number of aldehydes is 1. The Hall–Kier alpha value is -4.53. The zero-order valence-electron chi connectivity index (χ0n) is 17.6. The highest BCUT2D eigenvalue weighted by atomic mass is 16.4. The van der Waals surface area contributed by atoms with E-state index in [0.29, 0.717) is 17.3 Å². The molecule has 9 nitrogen and oxygen atoms in total. The van der Waals surface area contributed by atoms with E-state index in [2.05, 4.69) is 31.1 Å². The molecule has 2 heterocycles. The predicted molar refractivity (Wildman–Crippen MR) is 127 cm³/mol. The summed E-state index contributed by atoms with van der Waals surface area (Å²) in [5.41, 5.74) is 5.61. The number of anilines is 5. The first-order valence-corrected chi connectivity index (χ1v) is 9.76. The summed E-state index contributed by atoms with van der Waals surface area (Å²) in [6.07, 6.45) is 4.10. The van der Waals surface area contributed by atoms with Crippen LogP contribution in [-0.2, 0) is 4.79 Å². The quantitative estimate of drug-likeness (QED) is 0.174. The van der Waals surface area contributed by atoms with Gasteiger partial charge in [-0.2, -0.15) is 10.1 Å². The molecule has 3 N–H and O–H groups in total. The molecule has 0 amide bonds. The number of hydrogen-bond acceptors (Lipinski definition) is 9. The van der Waals surface area contributed by atoms with E-state index < -0.39 is 0 Å². The number of carbonyl (C=O) groups is 1. The summed E-state index contributed by atoms with van der Waals surface area (Å²) in [4.78, 5) is 28.9. The van der Waals surface area contributed by atoms with E-state index in [1.54, 1.807) is 36.7 Å². The smallest absolute Gasteiger partial charge is 0.336 e. The molecule has 0 unspecified atom stereocenters. The van der Waals surface area contributed by atoms with Crippen molar-refractivity contribution >= 4 is 52.3 Å². The van der Waals surface area contributed by atoms with Gasteiger partial charge in [0.25, 0.3) is 0 Å². The van der Waals surface area contributed by atoms with E-state index in [1.165, 1.54) is 13.0 Å². The summed E-state index contributed by atoms with van der Waals surface area (Å²) < 4.78 is 5.15. The Morgan fingerprint density at radius 1 is 0.938 bits per heavy atom. The maximum absolute atomic E-state index is 11.3. The molecule has 9 heteroatoms. The van der Waals surface area contributed by atoms with Gasteiger partial charge in [-0.25, -0.2) is 9.78 Å². The summed E-state index contributed by atoms with van der Waals surface area (Å²) in [6, 6.07) is 18.0. The van der Waals surface area contributed by atoms with Crippen molar-refractivity contribution in [3.63, 3.8) is 0 Å². The molecule has 0 spiro atoms. The first kappa shape index (κ1) is 22.2. The molecule has 32 heavy (non-hydrogen) atoms. The second-order valence-corrected chi connectivity index (χ2v) is 6.34. The maximum atomic E-state index is 11.3. The second kappa shape index (κ2) is 11.0. The van der Waals surface area contributed by atoms with Gasteiger partial charge in [0.1, 0.15) is 17.7 Å². The molecule has 0 saturated heterocycles. The zero-order chi connectivity index (χ0) is 22.8. The van der Waals surface area contributed by atoms with Crippen LogP contribution in [0.3, 0.4) is 0 Å². The van der Waals surface area contributed by atoms with Crippen molar-refractivity contribution in [3.8, 4) is 0 Å². The van der Waals surface area contributed by atoms with Crippen LogP contribution in [0.1, 0.15) is 13.8 Å². The molecule has 162 valence electrons. The van der Waals surface area contributed by atoms with Crippen molar-refractivity contribution in [2.75, 3.05) is 16.1 Å². The predicted octanol–water partition coefficient (Wildman–Crippen LogP) is 4.69. The average molecular weight is 430 g/mol. The first-order valence-electron chi connectivity index (χ1n) is 9.76. The number of benzene rings is 2. The molecular formula is C23H22N6O3. The molecule has 0 fully saturated rings. The highest BCUT2D eigenvalue weighted by Crippen LogP contribution is 2.22. The van der Waals surface area contributed by atoms with Gasteiger partial charge in [0.05, 0.1) is 5.69 Å². The number of nitrogens with one attached hydrogen (secondary N) is 3. The molecule has 4 rings (SSSR count). The van der Waals surface area contributed by atoms with Crippen LogP contribution < -0.4 is 21.7 Å². The normalized spacial score (nSPS) is 10.3. The lowest BCUT2D eigenvalue weighted by molar-refractivity contribution is -0.106. The van der Waals surface area contributed by atoms with Crippen molar-refractivity contribution in [2.24, 2.45) is 5.10 Å². The Balaban J connectivity index is 0.000000913. The standard InChI is InChI=1S/C21H18N6O2.C2H4O/c1-2-23-27-17-5-3-4-15(13-17)24-19-10-11-22-21(26-19)25-16-7-8-18-14(12-16)6-9-20(28)29-18;1-2-3/h2-13,27H,1H3,(H2,22,24,25,26);2H,1H3/b23-2-;. The number of rotatable bonds is 6. The first-order chi connectivity index (χ1) is 15.6. The summed E-state index contributed by atoms with van der Waals surface area (Å²) in [7, 11) is 0. The fraction of sp³-hybridized carbons (Fsp3) is 0.0870. The number of hydrazone groups is 1. The van der Waals surface area contributed by atoms with Gasteiger partial charge < -0.3 is 19.8 Å². The van der Waals surface area contributed by atoms with E-state index in [9.17, 15) is 4.79 Å². The Bertz CT molecular complexity index is 1290. The minimum Gasteiger partial charge on any atom is -0.423 e. The van der Waals surface area contributed by atoms with Gasteiger partial charge in [0.15, 0.2) is 0 Å². The van der Waals surface area contributed by atoms with Gasteiger partial charge in [0.2, 0.25) is 5.95 Å². The van der Waals surface area contributed by atoms with Gasteiger partial charge in [-0.05, 0) is 62.4 Å². The lowest BCUT2D eigenvalue weighted by Gasteiger charge is -2.10. The van der Waals surface area contributed by atoms with Gasteiger partial charge >= 0.3 is 5.63 Å². The summed E-state index contributed by atoms with van der Waals surface area (Å²) in [6.45, 7) is 3.29. The van der Waals surface area contributed by atoms with E-state index in [-0.39, 0.29) is 5.63 Å². The van der Waals surface area contributed by atoms with Crippen LogP contribution in [0.5, 0.6) is 0 Å². The van der Waals surface area contributed by atoms with Gasteiger partial charge in [-0.15, -0.1) is 0 Å². The molecule has 0 aliphatic carbocycles.